The number of nitrogens with zero attached hydrogens (tertiary/aromatic N) is 1. The number of aryl methyl sites for hydroxylation is 1. The first-order valence-electron chi connectivity index (χ1n) is 6.24. The monoisotopic (exact) mass is 259 g/mol. The number of Topliss-reactive ketones (excluding diaryl/α,β-unsaturated/α-hetero) is 1. The van der Waals surface area contributed by atoms with Crippen LogP contribution in [0.3, 0.4) is 0 Å². The number of aromatic nitrogens is 1. The molecule has 0 aliphatic rings. The molecule has 0 bridgehead atoms. The number of aliphatic carboxylic acids is 1. The van der Waals surface area contributed by atoms with Crippen molar-refractivity contribution in [2.45, 2.75) is 13.8 Å². The zero-order chi connectivity index (χ0) is 14.2. The second-order valence-electron chi connectivity index (χ2n) is 4.95. The lowest BCUT2D eigenvalue weighted by Gasteiger charge is -2.14. The minimum atomic E-state index is -0.943. The van der Waals surface area contributed by atoms with Crippen LogP contribution in [0.2, 0.25) is 0 Å². The van der Waals surface area contributed by atoms with E-state index in [9.17, 15) is 9.59 Å². The van der Waals surface area contributed by atoms with Crippen LogP contribution in [-0.2, 0) is 11.8 Å². The molecule has 100 valence electrons. The second kappa shape index (κ2) is 4.88. The van der Waals surface area contributed by atoms with E-state index < -0.39 is 17.8 Å². The van der Waals surface area contributed by atoms with Gasteiger partial charge in [-0.05, 0) is 6.07 Å². The Morgan fingerprint density at radius 2 is 1.79 bits per heavy atom. The zero-order valence-electron chi connectivity index (χ0n) is 11.3. The van der Waals surface area contributed by atoms with Gasteiger partial charge in [0.15, 0.2) is 5.78 Å². The summed E-state index contributed by atoms with van der Waals surface area (Å²) >= 11 is 0. The van der Waals surface area contributed by atoms with Crippen LogP contribution < -0.4 is 0 Å². The highest BCUT2D eigenvalue weighted by atomic mass is 16.4. The largest absolute Gasteiger partial charge is 0.481 e. The highest BCUT2D eigenvalue weighted by Crippen LogP contribution is 2.25. The average molecular weight is 259 g/mol. The molecule has 0 aliphatic carbocycles. The maximum Gasteiger partial charge on any atom is 0.306 e. The first kappa shape index (κ1) is 13.3. The van der Waals surface area contributed by atoms with Crippen molar-refractivity contribution >= 4 is 22.7 Å². The van der Waals surface area contributed by atoms with Gasteiger partial charge in [0, 0.05) is 35.6 Å². The molecule has 0 aliphatic heterocycles. The van der Waals surface area contributed by atoms with Crippen molar-refractivity contribution in [3.8, 4) is 0 Å². The van der Waals surface area contributed by atoms with Gasteiger partial charge in [-0.1, -0.05) is 32.0 Å². The van der Waals surface area contributed by atoms with Gasteiger partial charge < -0.3 is 9.67 Å². The highest BCUT2D eigenvalue weighted by molar-refractivity contribution is 6.09. The summed E-state index contributed by atoms with van der Waals surface area (Å²) < 4.78 is 1.89. The van der Waals surface area contributed by atoms with E-state index in [0.717, 1.165) is 10.9 Å². The van der Waals surface area contributed by atoms with E-state index in [1.807, 2.05) is 35.9 Å². The number of carboxylic acids is 1. The van der Waals surface area contributed by atoms with E-state index >= 15 is 0 Å². The summed E-state index contributed by atoms with van der Waals surface area (Å²) in [7, 11) is 1.88. The molecule has 1 aromatic carbocycles. The number of ketones is 1. The van der Waals surface area contributed by atoms with Gasteiger partial charge >= 0.3 is 5.97 Å². The van der Waals surface area contributed by atoms with Crippen LogP contribution in [0.25, 0.3) is 10.9 Å². The Bertz CT molecular complexity index is 642. The second-order valence-corrected chi connectivity index (χ2v) is 4.95. The van der Waals surface area contributed by atoms with Gasteiger partial charge in [0.25, 0.3) is 0 Å². The van der Waals surface area contributed by atoms with Crippen molar-refractivity contribution in [1.82, 2.24) is 4.57 Å². The van der Waals surface area contributed by atoms with Gasteiger partial charge in [0.1, 0.15) is 0 Å². The summed E-state index contributed by atoms with van der Waals surface area (Å²) in [5.74, 6) is -2.29. The maximum absolute atomic E-state index is 12.4. The lowest BCUT2D eigenvalue weighted by atomic mass is 9.88. The summed E-state index contributed by atoms with van der Waals surface area (Å²) in [6, 6.07) is 7.63. The normalized spacial score (nSPS) is 14.3. The van der Waals surface area contributed by atoms with Gasteiger partial charge in [-0.3, -0.25) is 9.59 Å². The van der Waals surface area contributed by atoms with Crippen LogP contribution in [0.4, 0.5) is 0 Å². The number of carboxylic acid groups (broad SMARTS) is 1. The first-order valence-corrected chi connectivity index (χ1v) is 6.24. The van der Waals surface area contributed by atoms with Crippen molar-refractivity contribution in [3.63, 3.8) is 0 Å². The molecule has 0 amide bonds. The molecule has 1 heterocycles. The van der Waals surface area contributed by atoms with E-state index in [4.69, 9.17) is 5.11 Å². The molecule has 2 rings (SSSR count). The summed E-state index contributed by atoms with van der Waals surface area (Å²) in [5.41, 5.74) is 1.57. The number of hydrogen-bond donors (Lipinski definition) is 1. The molecule has 0 fully saturated rings. The van der Waals surface area contributed by atoms with Crippen molar-refractivity contribution in [1.29, 1.82) is 0 Å². The molecule has 2 atom stereocenters. The van der Waals surface area contributed by atoms with Crippen LogP contribution in [-0.4, -0.2) is 21.4 Å². The zero-order valence-corrected chi connectivity index (χ0v) is 11.3. The first-order chi connectivity index (χ1) is 8.93. The number of fused-ring (bicyclic) bond motifs is 1. The Labute approximate surface area is 111 Å². The van der Waals surface area contributed by atoms with Crippen molar-refractivity contribution in [2.24, 2.45) is 18.9 Å². The van der Waals surface area contributed by atoms with Gasteiger partial charge in [-0.15, -0.1) is 0 Å². The van der Waals surface area contributed by atoms with Gasteiger partial charge in [-0.25, -0.2) is 0 Å². The Balaban J connectivity index is 2.45. The molecule has 2 unspecified atom stereocenters. The third-order valence-electron chi connectivity index (χ3n) is 3.72. The minimum absolute atomic E-state index is 0.119. The topological polar surface area (TPSA) is 59.3 Å². The summed E-state index contributed by atoms with van der Waals surface area (Å²) in [6.07, 6.45) is 1.78. The van der Waals surface area contributed by atoms with Gasteiger partial charge in [0.05, 0.1) is 5.92 Å². The molecule has 4 nitrogen and oxygen atoms in total. The third-order valence-corrected chi connectivity index (χ3v) is 3.72. The van der Waals surface area contributed by atoms with Gasteiger partial charge in [-0.2, -0.15) is 0 Å². The predicted molar refractivity (Wildman–Crippen MR) is 73.2 cm³/mol. The number of rotatable bonds is 4. The standard InChI is InChI=1S/C15H17NO3/c1-9(10(2)15(18)19)14(17)12-8-16(3)13-7-5-4-6-11(12)13/h4-10H,1-3H3,(H,18,19). The molecule has 0 saturated carbocycles. The van der Waals surface area contributed by atoms with Crippen LogP contribution in [0.5, 0.6) is 0 Å². The van der Waals surface area contributed by atoms with E-state index in [1.54, 1.807) is 20.0 Å². The summed E-state index contributed by atoms with van der Waals surface area (Å²) in [6.45, 7) is 3.24. The average Bonchev–Trinajstić information content (AvgIpc) is 2.74. The van der Waals surface area contributed by atoms with E-state index in [0.29, 0.717) is 5.56 Å². The molecule has 19 heavy (non-hydrogen) atoms. The molecular formula is C15H17NO3. The van der Waals surface area contributed by atoms with Crippen LogP contribution in [0, 0.1) is 11.8 Å². The molecule has 2 aromatic rings. The fraction of sp³-hybridized carbons (Fsp3) is 0.333. The molecule has 4 heteroatoms. The summed E-state index contributed by atoms with van der Waals surface area (Å²) in [5, 5.41) is 9.88. The Morgan fingerprint density at radius 1 is 1.16 bits per heavy atom. The van der Waals surface area contributed by atoms with Gasteiger partial charge in [0.2, 0.25) is 0 Å². The molecule has 0 spiro atoms. The summed E-state index contributed by atoms with van der Waals surface area (Å²) in [4.78, 5) is 23.4. The lowest BCUT2D eigenvalue weighted by Crippen LogP contribution is -2.25. The minimum Gasteiger partial charge on any atom is -0.481 e. The number of hydrogen-bond acceptors (Lipinski definition) is 2. The molecule has 1 N–H and O–H groups in total. The van der Waals surface area contributed by atoms with E-state index in [2.05, 4.69) is 0 Å². The van der Waals surface area contributed by atoms with Crippen molar-refractivity contribution in [3.05, 3.63) is 36.0 Å². The SMILES string of the molecule is CC(C(=O)O)C(C)C(=O)c1cn(C)c2ccccc12. The number of benzene rings is 1. The van der Waals surface area contributed by atoms with Crippen molar-refractivity contribution < 1.29 is 14.7 Å². The lowest BCUT2D eigenvalue weighted by molar-refractivity contribution is -0.142. The molecule has 0 saturated heterocycles. The number of para-hydroxylation sites is 1. The predicted octanol–water partition coefficient (Wildman–Crippen LogP) is 2.72. The van der Waals surface area contributed by atoms with E-state index in [1.165, 1.54) is 0 Å². The fourth-order valence-corrected chi connectivity index (χ4v) is 2.22. The Morgan fingerprint density at radius 3 is 2.42 bits per heavy atom. The Kier molecular flexibility index (Phi) is 3.42. The van der Waals surface area contributed by atoms with E-state index in [-0.39, 0.29) is 5.78 Å². The quantitative estimate of drug-likeness (QED) is 0.859. The smallest absolute Gasteiger partial charge is 0.306 e. The van der Waals surface area contributed by atoms with Crippen LogP contribution in [0.15, 0.2) is 30.5 Å². The molecular weight excluding hydrogens is 242 g/mol. The number of carbonyl (C=O) groups excluding carboxylic acids is 1. The molecule has 1 aromatic heterocycles. The maximum atomic E-state index is 12.4. The third kappa shape index (κ3) is 2.26. The number of carbonyl (C=O) groups is 2. The highest BCUT2D eigenvalue weighted by Gasteiger charge is 2.28. The fourth-order valence-electron chi connectivity index (χ4n) is 2.22. The Hall–Kier alpha value is -2.10. The van der Waals surface area contributed by atoms with Crippen LogP contribution in [0.1, 0.15) is 24.2 Å². The molecule has 0 radical (unpaired) electrons. The van der Waals surface area contributed by atoms with Crippen LogP contribution >= 0.6 is 0 Å². The van der Waals surface area contributed by atoms with Crippen molar-refractivity contribution in [2.75, 3.05) is 0 Å².